The highest BCUT2D eigenvalue weighted by Crippen LogP contribution is 2.36. The number of fused-ring (bicyclic) bond motifs is 1. The van der Waals surface area contributed by atoms with Gasteiger partial charge in [0.1, 0.15) is 6.04 Å². The number of thioether (sulfide) groups is 1. The van der Waals surface area contributed by atoms with Gasteiger partial charge in [-0.05, 0) is 30.2 Å². The maximum absolute atomic E-state index is 12.9. The van der Waals surface area contributed by atoms with E-state index in [1.807, 2.05) is 17.2 Å². The molecule has 1 unspecified atom stereocenters. The molecule has 0 aliphatic carbocycles. The Morgan fingerprint density at radius 2 is 1.97 bits per heavy atom. The van der Waals surface area contributed by atoms with Gasteiger partial charge in [-0.2, -0.15) is 0 Å². The monoisotopic (exact) mass is 492 g/mol. The maximum atomic E-state index is 12.9. The van der Waals surface area contributed by atoms with Crippen molar-refractivity contribution in [1.82, 2.24) is 10.2 Å². The first kappa shape index (κ1) is 25.6. The molecule has 0 aromatic heterocycles. The van der Waals surface area contributed by atoms with Crippen LogP contribution in [0.25, 0.3) is 0 Å². The summed E-state index contributed by atoms with van der Waals surface area (Å²) in [6, 6.07) is 7.52. The third kappa shape index (κ3) is 6.12. The Morgan fingerprint density at radius 1 is 1.24 bits per heavy atom. The van der Waals surface area contributed by atoms with E-state index in [2.05, 4.69) is 41.4 Å². The summed E-state index contributed by atoms with van der Waals surface area (Å²) in [5.74, 6) is 0.468. The van der Waals surface area contributed by atoms with Crippen LogP contribution in [0.5, 0.6) is 0 Å². The number of rotatable bonds is 7. The van der Waals surface area contributed by atoms with Crippen LogP contribution in [0, 0.1) is 0 Å². The van der Waals surface area contributed by atoms with E-state index in [-0.39, 0.29) is 24.1 Å². The zero-order valence-electron chi connectivity index (χ0n) is 19.0. The molecule has 2 fully saturated rings. The average molecular weight is 493 g/mol. The largest absolute Gasteiger partial charge is 0.378 e. The molecular formula is C24H33ClN4O3S. The molecule has 3 aliphatic heterocycles. The van der Waals surface area contributed by atoms with Gasteiger partial charge in [0, 0.05) is 48.7 Å². The maximum Gasteiger partial charge on any atom is 0.252 e. The Morgan fingerprint density at radius 3 is 2.67 bits per heavy atom. The lowest BCUT2D eigenvalue weighted by molar-refractivity contribution is -0.123. The number of carbonyl (C=O) groups is 2. The number of amides is 1. The van der Waals surface area contributed by atoms with E-state index in [0.29, 0.717) is 24.4 Å². The van der Waals surface area contributed by atoms with Gasteiger partial charge >= 0.3 is 0 Å². The van der Waals surface area contributed by atoms with E-state index in [9.17, 15) is 9.59 Å². The fourth-order valence-corrected chi connectivity index (χ4v) is 5.32. The molecule has 1 aromatic carbocycles. The summed E-state index contributed by atoms with van der Waals surface area (Å²) in [7, 11) is 0. The molecular weight excluding hydrogens is 460 g/mol. The first-order valence-corrected chi connectivity index (χ1v) is 12.4. The number of unbranched alkanes of at least 4 members (excludes halogenated alkanes) is 1. The second-order valence-corrected chi connectivity index (χ2v) is 9.49. The molecule has 33 heavy (non-hydrogen) atoms. The molecule has 2 atom stereocenters. The van der Waals surface area contributed by atoms with Crippen LogP contribution in [0.15, 0.2) is 47.0 Å². The van der Waals surface area contributed by atoms with Crippen LogP contribution in [0.3, 0.4) is 0 Å². The number of benzene rings is 1. The number of halogens is 1. The van der Waals surface area contributed by atoms with Crippen molar-refractivity contribution in [3.63, 3.8) is 0 Å². The molecule has 3 aliphatic rings. The second kappa shape index (κ2) is 11.9. The van der Waals surface area contributed by atoms with Crippen LogP contribution in [-0.4, -0.2) is 67.3 Å². The molecule has 2 saturated heterocycles. The van der Waals surface area contributed by atoms with Gasteiger partial charge in [0.2, 0.25) is 0 Å². The summed E-state index contributed by atoms with van der Waals surface area (Å²) in [4.78, 5) is 30.9. The topological polar surface area (TPSA) is 87.9 Å². The Hall–Kier alpha value is -2.00. The quantitative estimate of drug-likeness (QED) is 0.565. The summed E-state index contributed by atoms with van der Waals surface area (Å²) in [5, 5.41) is 2.98. The van der Waals surface area contributed by atoms with Gasteiger partial charge in [-0.25, -0.2) is 0 Å². The third-order valence-electron chi connectivity index (χ3n) is 6.02. The van der Waals surface area contributed by atoms with E-state index < -0.39 is 12.1 Å². The Labute approximate surface area is 206 Å². The summed E-state index contributed by atoms with van der Waals surface area (Å²) in [6.07, 6.45) is 5.65. The number of Topliss-reactive ketones (excluding diaryl/α,β-unsaturated/α-hetero) is 1. The zero-order valence-corrected chi connectivity index (χ0v) is 20.6. The van der Waals surface area contributed by atoms with Crippen molar-refractivity contribution in [3.05, 3.63) is 52.6 Å². The number of carbonyl (C=O) groups excluding carboxylic acids is 2. The van der Waals surface area contributed by atoms with Gasteiger partial charge in [0.25, 0.3) is 5.91 Å². The van der Waals surface area contributed by atoms with Gasteiger partial charge in [-0.1, -0.05) is 25.5 Å². The van der Waals surface area contributed by atoms with Crippen molar-refractivity contribution < 1.29 is 14.3 Å². The molecule has 0 radical (unpaired) electrons. The number of hydrogen-bond donors (Lipinski definition) is 2. The number of nitrogens with one attached hydrogen (secondary N) is 1. The van der Waals surface area contributed by atoms with E-state index in [4.69, 9.17) is 10.5 Å². The molecule has 0 saturated carbocycles. The lowest BCUT2D eigenvalue weighted by atomic mass is 9.98. The van der Waals surface area contributed by atoms with Crippen molar-refractivity contribution in [2.75, 3.05) is 43.5 Å². The smallest absolute Gasteiger partial charge is 0.252 e. The summed E-state index contributed by atoms with van der Waals surface area (Å²) >= 11 is 1.58. The fraction of sp³-hybridized carbons (Fsp3) is 0.500. The highest BCUT2D eigenvalue weighted by Gasteiger charge is 2.39. The molecule has 3 N–H and O–H groups in total. The summed E-state index contributed by atoms with van der Waals surface area (Å²) < 4.78 is 5.44. The molecule has 0 spiro atoms. The summed E-state index contributed by atoms with van der Waals surface area (Å²) in [6.45, 7) is 6.57. The van der Waals surface area contributed by atoms with Crippen molar-refractivity contribution in [1.29, 1.82) is 0 Å². The molecule has 7 nitrogen and oxygen atoms in total. The van der Waals surface area contributed by atoms with E-state index in [1.165, 1.54) is 5.69 Å². The predicted molar refractivity (Wildman–Crippen MR) is 136 cm³/mol. The molecule has 1 amide bonds. The van der Waals surface area contributed by atoms with Crippen LogP contribution < -0.4 is 16.0 Å². The van der Waals surface area contributed by atoms with Crippen molar-refractivity contribution >= 4 is 41.5 Å². The lowest BCUT2D eigenvalue weighted by Gasteiger charge is -2.39. The van der Waals surface area contributed by atoms with Gasteiger partial charge in [-0.3, -0.25) is 9.59 Å². The number of ether oxygens (including phenoxy) is 1. The minimum absolute atomic E-state index is 0. The highest BCUT2D eigenvalue weighted by atomic mass is 35.5. The summed E-state index contributed by atoms with van der Waals surface area (Å²) in [5.41, 5.74) is 8.93. The predicted octanol–water partition coefficient (Wildman–Crippen LogP) is 2.46. The first-order valence-electron chi connectivity index (χ1n) is 11.4. The van der Waals surface area contributed by atoms with E-state index in [0.717, 1.165) is 49.6 Å². The molecule has 180 valence electrons. The van der Waals surface area contributed by atoms with Crippen LogP contribution in [0.2, 0.25) is 0 Å². The molecule has 1 aromatic rings. The molecule has 9 heteroatoms. The zero-order chi connectivity index (χ0) is 22.5. The van der Waals surface area contributed by atoms with E-state index >= 15 is 0 Å². The Bertz CT molecular complexity index is 899. The Balaban J connectivity index is 0.00000306. The number of nitrogens with two attached hydrogens (primary N) is 1. The van der Waals surface area contributed by atoms with Crippen LogP contribution >= 0.6 is 24.2 Å². The van der Waals surface area contributed by atoms with Gasteiger partial charge in [0.05, 0.1) is 24.8 Å². The van der Waals surface area contributed by atoms with Crippen molar-refractivity contribution in [3.8, 4) is 0 Å². The number of ketones is 1. The van der Waals surface area contributed by atoms with Crippen LogP contribution in [-0.2, 0) is 20.9 Å². The minimum atomic E-state index is -0.485. The number of anilines is 1. The normalized spacial score (nSPS) is 22.7. The molecule has 3 heterocycles. The fourth-order valence-electron chi connectivity index (χ4n) is 4.17. The van der Waals surface area contributed by atoms with Crippen LogP contribution in [0.1, 0.15) is 25.3 Å². The minimum Gasteiger partial charge on any atom is -0.378 e. The van der Waals surface area contributed by atoms with E-state index in [1.54, 1.807) is 11.8 Å². The lowest BCUT2D eigenvalue weighted by Crippen LogP contribution is -2.52. The van der Waals surface area contributed by atoms with Gasteiger partial charge in [-0.15, -0.1) is 24.2 Å². The number of nitrogens with zero attached hydrogens (tertiary/aromatic N) is 2. The molecule has 0 bridgehead atoms. The number of morpholine rings is 1. The van der Waals surface area contributed by atoms with Gasteiger partial charge < -0.3 is 25.6 Å². The van der Waals surface area contributed by atoms with Crippen molar-refractivity contribution in [2.45, 2.75) is 38.4 Å². The second-order valence-electron chi connectivity index (χ2n) is 8.40. The standard InChI is InChI=1S/C24H32N4O3S.ClH/c1-2-3-8-26-24(30)18-13-21-22(23(29)20(25)16-32-21)28(15-18)14-17-4-6-19(7-5-17)27-9-11-31-12-10-27;/h4-7,13,15,20,22H,2-3,8-12,14,16,25H2,1H3,(H,26,30);1H/t20-,22?;/m0./s1. The van der Waals surface area contributed by atoms with Gasteiger partial charge in [0.15, 0.2) is 5.78 Å². The third-order valence-corrected chi connectivity index (χ3v) is 7.22. The van der Waals surface area contributed by atoms with Crippen molar-refractivity contribution in [2.24, 2.45) is 5.73 Å². The first-order chi connectivity index (χ1) is 15.6. The molecule has 4 rings (SSSR count). The number of hydrogen-bond acceptors (Lipinski definition) is 7. The average Bonchev–Trinajstić information content (AvgIpc) is 2.82. The van der Waals surface area contributed by atoms with Crippen LogP contribution in [0.4, 0.5) is 5.69 Å². The SMILES string of the molecule is CCCCNC(=O)C1=CN(Cc2ccc(N3CCOCC3)cc2)C2C(=O)[C@@H](N)CSC2=C1.Cl. The highest BCUT2D eigenvalue weighted by molar-refractivity contribution is 8.03. The Kier molecular flexibility index (Phi) is 9.26.